The molecular weight excluding hydrogens is 488 g/mol. The van der Waals surface area contributed by atoms with Crippen molar-refractivity contribution in [3.8, 4) is 9.35 Å². The topological polar surface area (TPSA) is 0 Å². The van der Waals surface area contributed by atoms with Crippen LogP contribution >= 0.6 is 8.25 Å². The fourth-order valence-corrected chi connectivity index (χ4v) is 4.82. The van der Waals surface area contributed by atoms with Gasteiger partial charge in [0.1, 0.15) is 0 Å². The Kier molecular flexibility index (Phi) is 5.54. The van der Waals surface area contributed by atoms with Crippen LogP contribution in [0, 0.1) is 9.35 Å². The Morgan fingerprint density at radius 2 is 0.957 bits per heavy atom. The Labute approximate surface area is 153 Å². The normalized spacial score (nSPS) is 10.3. The average molecular weight is 503 g/mol. The van der Waals surface area contributed by atoms with Crippen LogP contribution in [-0.4, -0.2) is 0 Å². The Hall–Kier alpha value is -1.55. The maximum atomic E-state index is 6.12. The average Bonchev–Trinajstić information content (AvgIpc) is 2.65. The van der Waals surface area contributed by atoms with E-state index in [0.29, 0.717) is 0 Å². The van der Waals surface area contributed by atoms with Gasteiger partial charge in [-0.05, 0) is 0 Å². The van der Waals surface area contributed by atoms with Crippen LogP contribution in [0.15, 0.2) is 91.0 Å². The van der Waals surface area contributed by atoms with E-state index in [9.17, 15) is 0 Å². The third kappa shape index (κ3) is 3.37. The minimum atomic E-state index is -1.58. The molecule has 0 radical (unpaired) electrons. The van der Waals surface area contributed by atoms with E-state index in [1.165, 1.54) is 16.7 Å². The molecule has 0 aliphatic rings. The zero-order valence-electron chi connectivity index (χ0n) is 12.7. The SMILES string of the molecule is [Cl][Hg][C]#CC(c1ccccc1)(c1ccccc1)c1ccccc1. The second-order valence-electron chi connectivity index (χ2n) is 5.28. The molecule has 0 bridgehead atoms. The van der Waals surface area contributed by atoms with Crippen LogP contribution in [0.1, 0.15) is 16.7 Å². The van der Waals surface area contributed by atoms with Gasteiger partial charge in [0.05, 0.1) is 0 Å². The van der Waals surface area contributed by atoms with Gasteiger partial charge in [-0.2, -0.15) is 0 Å². The van der Waals surface area contributed by atoms with Crippen molar-refractivity contribution in [2.24, 2.45) is 0 Å². The molecule has 3 aromatic carbocycles. The van der Waals surface area contributed by atoms with Crippen molar-refractivity contribution < 1.29 is 23.3 Å². The van der Waals surface area contributed by atoms with Crippen molar-refractivity contribution in [3.63, 3.8) is 0 Å². The van der Waals surface area contributed by atoms with Crippen LogP contribution in [0.25, 0.3) is 0 Å². The van der Waals surface area contributed by atoms with E-state index in [1.54, 1.807) is 0 Å². The number of hydrogen-bond donors (Lipinski definition) is 0. The summed E-state index contributed by atoms with van der Waals surface area (Å²) in [5.74, 6) is 3.55. The predicted molar refractivity (Wildman–Crippen MR) is 92.8 cm³/mol. The van der Waals surface area contributed by atoms with Crippen LogP contribution in [-0.2, 0) is 28.8 Å². The molecule has 23 heavy (non-hydrogen) atoms. The molecule has 0 nitrogen and oxygen atoms in total. The molecule has 0 amide bonds. The molecule has 2 heteroatoms. The number of benzene rings is 3. The van der Waals surface area contributed by atoms with Crippen LogP contribution in [0.3, 0.4) is 0 Å². The van der Waals surface area contributed by atoms with E-state index in [0.717, 1.165) is 0 Å². The molecular formula is C21H15ClHg. The first-order chi connectivity index (χ1) is 11.4. The first-order valence-electron chi connectivity index (χ1n) is 7.60. The van der Waals surface area contributed by atoms with E-state index in [-0.39, 0.29) is 0 Å². The molecule has 0 spiro atoms. The van der Waals surface area contributed by atoms with Crippen molar-refractivity contribution in [2.45, 2.75) is 5.41 Å². The van der Waals surface area contributed by atoms with E-state index in [1.807, 2.05) is 18.2 Å². The molecule has 0 fully saturated rings. The van der Waals surface area contributed by atoms with Gasteiger partial charge in [-0.1, -0.05) is 0 Å². The molecule has 0 heterocycles. The summed E-state index contributed by atoms with van der Waals surface area (Å²) >= 11 is -1.58. The molecule has 0 aliphatic heterocycles. The van der Waals surface area contributed by atoms with Gasteiger partial charge in [0.2, 0.25) is 0 Å². The summed E-state index contributed by atoms with van der Waals surface area (Å²) in [6, 6.07) is 31.5. The number of halogens is 1. The molecule has 0 N–H and O–H groups in total. The Balaban J connectivity index is 2.35. The Morgan fingerprint density at radius 1 is 0.609 bits per heavy atom. The minimum absolute atomic E-state index is 0.460. The third-order valence-corrected chi connectivity index (χ3v) is 6.34. The van der Waals surface area contributed by atoms with Crippen molar-refractivity contribution in [1.82, 2.24) is 0 Å². The first kappa shape index (κ1) is 16.3. The van der Waals surface area contributed by atoms with E-state index >= 15 is 0 Å². The van der Waals surface area contributed by atoms with Crippen molar-refractivity contribution >= 4 is 8.25 Å². The first-order valence-corrected chi connectivity index (χ1v) is 17.1. The Bertz CT molecular complexity index is 705. The van der Waals surface area contributed by atoms with Gasteiger partial charge >= 0.3 is 154 Å². The molecule has 0 saturated carbocycles. The fraction of sp³-hybridized carbons (Fsp3) is 0.0476. The van der Waals surface area contributed by atoms with Gasteiger partial charge in [0.25, 0.3) is 0 Å². The van der Waals surface area contributed by atoms with Crippen LogP contribution in [0.4, 0.5) is 0 Å². The van der Waals surface area contributed by atoms with Crippen molar-refractivity contribution in [1.29, 1.82) is 0 Å². The van der Waals surface area contributed by atoms with Crippen molar-refractivity contribution in [2.75, 3.05) is 0 Å². The van der Waals surface area contributed by atoms with Crippen LogP contribution in [0.5, 0.6) is 0 Å². The summed E-state index contributed by atoms with van der Waals surface area (Å²) in [6.45, 7) is 0. The fourth-order valence-electron chi connectivity index (χ4n) is 2.95. The summed E-state index contributed by atoms with van der Waals surface area (Å²) in [4.78, 5) is 0. The van der Waals surface area contributed by atoms with Crippen LogP contribution < -0.4 is 0 Å². The van der Waals surface area contributed by atoms with Crippen LogP contribution in [0.2, 0.25) is 0 Å². The second-order valence-corrected chi connectivity index (χ2v) is 10.0. The van der Waals surface area contributed by atoms with E-state index in [4.69, 9.17) is 8.25 Å². The second kappa shape index (κ2) is 7.82. The van der Waals surface area contributed by atoms with Gasteiger partial charge < -0.3 is 0 Å². The summed E-state index contributed by atoms with van der Waals surface area (Å²) in [6.07, 6.45) is 0. The molecule has 0 unspecified atom stereocenters. The zero-order chi connectivity index (χ0) is 16.0. The summed E-state index contributed by atoms with van der Waals surface area (Å²) in [5, 5.41) is 0. The number of rotatable bonds is 3. The maximum absolute atomic E-state index is 6.12. The summed E-state index contributed by atoms with van der Waals surface area (Å²) in [5.41, 5.74) is 3.09. The van der Waals surface area contributed by atoms with Gasteiger partial charge in [0, 0.05) is 0 Å². The van der Waals surface area contributed by atoms with E-state index in [2.05, 4.69) is 82.1 Å². The van der Waals surface area contributed by atoms with Gasteiger partial charge in [-0.15, -0.1) is 0 Å². The molecule has 3 aromatic rings. The quantitative estimate of drug-likeness (QED) is 0.261. The number of hydrogen-bond acceptors (Lipinski definition) is 0. The predicted octanol–water partition coefficient (Wildman–Crippen LogP) is 5.22. The van der Waals surface area contributed by atoms with Gasteiger partial charge in [-0.3, -0.25) is 0 Å². The molecule has 108 valence electrons. The van der Waals surface area contributed by atoms with Crippen molar-refractivity contribution in [3.05, 3.63) is 108 Å². The summed E-state index contributed by atoms with van der Waals surface area (Å²) < 4.78 is 3.32. The standard InChI is InChI=1S/C21H15.ClH.Hg/c1-2-21(18-12-6-3-7-13-18,19-14-8-4-9-15-19)20-16-10-5-11-17-20;;/h3-17H;1H;/q;;+1/p-1. The summed E-state index contributed by atoms with van der Waals surface area (Å²) in [7, 11) is 6.12. The molecule has 0 saturated heterocycles. The molecule has 0 aromatic heterocycles. The zero-order valence-corrected chi connectivity index (χ0v) is 19.0. The van der Waals surface area contributed by atoms with Gasteiger partial charge in [0.15, 0.2) is 0 Å². The third-order valence-electron chi connectivity index (χ3n) is 3.96. The van der Waals surface area contributed by atoms with E-state index < -0.39 is 28.8 Å². The molecule has 3 rings (SSSR count). The molecule has 0 aliphatic carbocycles. The molecule has 0 atom stereocenters. The monoisotopic (exact) mass is 504 g/mol. The Morgan fingerprint density at radius 3 is 1.26 bits per heavy atom. The van der Waals surface area contributed by atoms with Gasteiger partial charge in [-0.25, -0.2) is 0 Å².